The summed E-state index contributed by atoms with van der Waals surface area (Å²) in [7, 11) is 0. The molecule has 7 heteroatoms. The highest BCUT2D eigenvalue weighted by Crippen LogP contribution is 2.13. The molecular formula is C13H13N3O3S. The molecule has 0 unspecified atom stereocenters. The van der Waals surface area contributed by atoms with Crippen molar-refractivity contribution in [3.05, 3.63) is 38.9 Å². The first-order valence-electron chi connectivity index (χ1n) is 6.28. The molecule has 1 amide bonds. The molecule has 2 N–H and O–H groups in total. The first-order chi connectivity index (χ1) is 9.65. The predicted octanol–water partition coefficient (Wildman–Crippen LogP) is 1.06. The Labute approximate surface area is 119 Å². The van der Waals surface area contributed by atoms with Gasteiger partial charge in [0.1, 0.15) is 0 Å². The minimum atomic E-state index is -0.255. The Morgan fingerprint density at radius 3 is 2.75 bits per heavy atom. The van der Waals surface area contributed by atoms with E-state index in [9.17, 15) is 9.59 Å². The van der Waals surface area contributed by atoms with Gasteiger partial charge in [0.05, 0.1) is 24.1 Å². The number of H-pyrrole nitrogens is 2. The van der Waals surface area contributed by atoms with Crippen molar-refractivity contribution in [2.45, 2.75) is 0 Å². The molecule has 6 nitrogen and oxygen atoms in total. The predicted molar refractivity (Wildman–Crippen MR) is 76.5 cm³/mol. The molecule has 2 aromatic rings. The van der Waals surface area contributed by atoms with Crippen LogP contribution in [0.15, 0.2) is 23.0 Å². The van der Waals surface area contributed by atoms with Crippen LogP contribution >= 0.6 is 12.2 Å². The summed E-state index contributed by atoms with van der Waals surface area (Å²) >= 11 is 4.94. The zero-order valence-corrected chi connectivity index (χ0v) is 11.5. The summed E-state index contributed by atoms with van der Waals surface area (Å²) < 4.78 is 5.48. The smallest absolute Gasteiger partial charge is 0.259 e. The molecule has 0 aliphatic carbocycles. The number of aromatic amines is 2. The summed E-state index contributed by atoms with van der Waals surface area (Å²) in [6.07, 6.45) is 0. The summed E-state index contributed by atoms with van der Waals surface area (Å²) in [6.45, 7) is 2.29. The first kappa shape index (κ1) is 13.0. The number of carbonyl (C=O) groups excluding carboxylic acids is 1. The van der Waals surface area contributed by atoms with Crippen molar-refractivity contribution in [1.82, 2.24) is 14.9 Å². The van der Waals surface area contributed by atoms with Gasteiger partial charge in [-0.2, -0.15) is 0 Å². The number of amides is 1. The zero-order valence-electron chi connectivity index (χ0n) is 10.6. The second-order valence-electron chi connectivity index (χ2n) is 4.57. The molecule has 0 saturated carbocycles. The summed E-state index contributed by atoms with van der Waals surface area (Å²) in [6, 6.07) is 4.96. The third kappa shape index (κ3) is 2.37. The maximum Gasteiger partial charge on any atom is 0.259 e. The van der Waals surface area contributed by atoms with Gasteiger partial charge >= 0.3 is 0 Å². The lowest BCUT2D eigenvalue weighted by molar-refractivity contribution is 0.0303. The van der Waals surface area contributed by atoms with Crippen LogP contribution in [0.1, 0.15) is 10.4 Å². The van der Waals surface area contributed by atoms with E-state index in [0.717, 1.165) is 0 Å². The molecule has 1 saturated heterocycles. The summed E-state index contributed by atoms with van der Waals surface area (Å²) in [5.74, 6) is -0.0604. The highest BCUT2D eigenvalue weighted by Gasteiger charge is 2.18. The zero-order chi connectivity index (χ0) is 14.1. The summed E-state index contributed by atoms with van der Waals surface area (Å²) in [5.41, 5.74) is 0.850. The van der Waals surface area contributed by atoms with E-state index in [1.807, 2.05) is 0 Å². The third-order valence-electron chi connectivity index (χ3n) is 3.28. The van der Waals surface area contributed by atoms with Crippen molar-refractivity contribution in [2.75, 3.05) is 26.3 Å². The van der Waals surface area contributed by atoms with Crippen LogP contribution in [0.3, 0.4) is 0 Å². The van der Waals surface area contributed by atoms with Crippen LogP contribution in [-0.2, 0) is 4.74 Å². The number of hydrogen-bond donors (Lipinski definition) is 2. The van der Waals surface area contributed by atoms with Crippen molar-refractivity contribution in [3.8, 4) is 0 Å². The van der Waals surface area contributed by atoms with Gasteiger partial charge in [-0.3, -0.25) is 14.6 Å². The number of benzene rings is 1. The topological polar surface area (TPSA) is 78.2 Å². The van der Waals surface area contributed by atoms with Crippen LogP contribution in [0, 0.1) is 4.77 Å². The number of hydrogen-bond acceptors (Lipinski definition) is 4. The maximum atomic E-state index is 12.4. The van der Waals surface area contributed by atoms with Crippen LogP contribution in [0.4, 0.5) is 0 Å². The van der Waals surface area contributed by atoms with E-state index in [4.69, 9.17) is 17.0 Å². The highest BCUT2D eigenvalue weighted by atomic mass is 32.1. The van der Waals surface area contributed by atoms with Crippen molar-refractivity contribution < 1.29 is 9.53 Å². The summed E-state index contributed by atoms with van der Waals surface area (Å²) in [5, 5.41) is 0.483. The second kappa shape index (κ2) is 5.18. The highest BCUT2D eigenvalue weighted by molar-refractivity contribution is 7.71. The van der Waals surface area contributed by atoms with E-state index in [0.29, 0.717) is 42.8 Å². The molecule has 104 valence electrons. The van der Waals surface area contributed by atoms with Crippen molar-refractivity contribution in [1.29, 1.82) is 0 Å². The standard InChI is InChI=1S/C13H13N3O3S/c17-11-9-2-1-8(7-10(9)14-13(20)15-11)12(18)16-3-5-19-6-4-16/h1-2,7H,3-6H2,(H2,14,15,17,20). The molecule has 1 aliphatic rings. The van der Waals surface area contributed by atoms with Gasteiger partial charge in [0.15, 0.2) is 4.77 Å². The average Bonchev–Trinajstić information content (AvgIpc) is 2.46. The molecule has 0 radical (unpaired) electrons. The van der Waals surface area contributed by atoms with E-state index < -0.39 is 0 Å². The number of rotatable bonds is 1. The molecule has 20 heavy (non-hydrogen) atoms. The average molecular weight is 291 g/mol. The lowest BCUT2D eigenvalue weighted by atomic mass is 10.1. The lowest BCUT2D eigenvalue weighted by Gasteiger charge is -2.26. The molecule has 1 aromatic carbocycles. The van der Waals surface area contributed by atoms with E-state index in [2.05, 4.69) is 9.97 Å². The number of fused-ring (bicyclic) bond motifs is 1. The quantitative estimate of drug-likeness (QED) is 0.770. The third-order valence-corrected chi connectivity index (χ3v) is 3.49. The van der Waals surface area contributed by atoms with Gasteiger partial charge in [-0.25, -0.2) is 0 Å². The van der Waals surface area contributed by atoms with Gasteiger partial charge in [0, 0.05) is 18.7 Å². The molecule has 0 atom stereocenters. The largest absolute Gasteiger partial charge is 0.378 e. The molecule has 2 heterocycles. The molecule has 1 fully saturated rings. The Hall–Kier alpha value is -1.99. The van der Waals surface area contributed by atoms with Gasteiger partial charge in [0.25, 0.3) is 11.5 Å². The second-order valence-corrected chi connectivity index (χ2v) is 4.98. The Morgan fingerprint density at radius 1 is 1.25 bits per heavy atom. The normalized spacial score (nSPS) is 15.5. The van der Waals surface area contributed by atoms with Gasteiger partial charge < -0.3 is 14.6 Å². The molecule has 0 spiro atoms. The Kier molecular flexibility index (Phi) is 3.37. The fourth-order valence-corrected chi connectivity index (χ4v) is 2.45. The number of aromatic nitrogens is 2. The SMILES string of the molecule is O=C(c1ccc2c(=O)[nH]c(=S)[nH]c2c1)N1CCOCC1. The molecule has 3 rings (SSSR count). The van der Waals surface area contributed by atoms with Gasteiger partial charge in [-0.05, 0) is 30.4 Å². The molecule has 0 bridgehead atoms. The van der Waals surface area contributed by atoms with E-state index in [1.54, 1.807) is 23.1 Å². The van der Waals surface area contributed by atoms with Crippen LogP contribution in [0.2, 0.25) is 0 Å². The first-order valence-corrected chi connectivity index (χ1v) is 6.69. The van der Waals surface area contributed by atoms with Gasteiger partial charge in [-0.1, -0.05) is 0 Å². The van der Waals surface area contributed by atoms with E-state index in [-0.39, 0.29) is 16.2 Å². The van der Waals surface area contributed by atoms with Crippen LogP contribution in [0.25, 0.3) is 10.9 Å². The number of nitrogens with one attached hydrogen (secondary N) is 2. The van der Waals surface area contributed by atoms with Gasteiger partial charge in [-0.15, -0.1) is 0 Å². The van der Waals surface area contributed by atoms with Crippen LogP contribution in [-0.4, -0.2) is 47.1 Å². The molecule has 1 aromatic heterocycles. The van der Waals surface area contributed by atoms with Crippen molar-refractivity contribution in [3.63, 3.8) is 0 Å². The minimum absolute atomic E-state index is 0.0604. The van der Waals surface area contributed by atoms with Crippen LogP contribution < -0.4 is 5.56 Å². The number of morpholine rings is 1. The monoisotopic (exact) mass is 291 g/mol. The number of carbonyl (C=O) groups is 1. The Bertz CT molecular complexity index is 774. The maximum absolute atomic E-state index is 12.4. The summed E-state index contributed by atoms with van der Waals surface area (Å²) in [4.78, 5) is 31.2. The van der Waals surface area contributed by atoms with E-state index >= 15 is 0 Å². The van der Waals surface area contributed by atoms with Gasteiger partial charge in [0.2, 0.25) is 0 Å². The van der Waals surface area contributed by atoms with Crippen molar-refractivity contribution in [2.24, 2.45) is 0 Å². The number of nitrogens with zero attached hydrogens (tertiary/aromatic N) is 1. The fraction of sp³-hybridized carbons (Fsp3) is 0.308. The van der Waals surface area contributed by atoms with Crippen LogP contribution in [0.5, 0.6) is 0 Å². The fourth-order valence-electron chi connectivity index (χ4n) is 2.25. The molecule has 1 aliphatic heterocycles. The number of ether oxygens (including phenoxy) is 1. The lowest BCUT2D eigenvalue weighted by Crippen LogP contribution is -2.40. The minimum Gasteiger partial charge on any atom is -0.378 e. The Morgan fingerprint density at radius 2 is 2.00 bits per heavy atom. The Balaban J connectivity index is 2.02. The van der Waals surface area contributed by atoms with Crippen molar-refractivity contribution >= 4 is 29.0 Å². The van der Waals surface area contributed by atoms with E-state index in [1.165, 1.54) is 0 Å². The molecular weight excluding hydrogens is 278 g/mol.